The number of thiocarbonyl (C=S) groups is 1. The van der Waals surface area contributed by atoms with E-state index in [0.29, 0.717) is 0 Å². The fourth-order valence-corrected chi connectivity index (χ4v) is 0.990. The van der Waals surface area contributed by atoms with Gasteiger partial charge in [0, 0.05) is 6.21 Å². The zero-order valence-corrected chi connectivity index (χ0v) is 10.4. The fraction of sp³-hybridized carbons (Fsp3) is 0.455. The lowest BCUT2D eigenvalue weighted by atomic mass is 10.1. The van der Waals surface area contributed by atoms with Crippen LogP contribution in [0.25, 0.3) is 0 Å². The maximum absolute atomic E-state index is 5.20. The number of nitrogens with two attached hydrogens (primary N) is 1. The molecule has 0 aliphatic rings. The summed E-state index contributed by atoms with van der Waals surface area (Å²) in [4.78, 5) is 0. The molecule has 0 saturated carbocycles. The molecule has 84 valence electrons. The monoisotopic (exact) mass is 225 g/mol. The summed E-state index contributed by atoms with van der Waals surface area (Å²) in [6.45, 7) is 6.28. The maximum atomic E-state index is 5.20. The largest absolute Gasteiger partial charge is 0.375 e. The van der Waals surface area contributed by atoms with E-state index in [4.69, 9.17) is 5.73 Å². The molecular formula is C11H19N3S. The molecule has 0 spiro atoms. The molecule has 0 amide bonds. The van der Waals surface area contributed by atoms with Crippen molar-refractivity contribution in [2.24, 2.45) is 10.8 Å². The minimum Gasteiger partial charge on any atom is -0.375 e. The van der Waals surface area contributed by atoms with Crippen LogP contribution in [0, 0.1) is 0 Å². The summed E-state index contributed by atoms with van der Waals surface area (Å²) in [7, 11) is 0. The Bertz CT molecular complexity index is 286. The highest BCUT2D eigenvalue weighted by Gasteiger charge is 1.87. The van der Waals surface area contributed by atoms with Gasteiger partial charge in [0.2, 0.25) is 0 Å². The molecule has 0 saturated heterocycles. The van der Waals surface area contributed by atoms with Gasteiger partial charge in [-0.2, -0.15) is 5.10 Å². The van der Waals surface area contributed by atoms with E-state index in [0.717, 1.165) is 12.8 Å². The Morgan fingerprint density at radius 2 is 2.07 bits per heavy atom. The number of nitrogens with one attached hydrogen (secondary N) is 1. The van der Waals surface area contributed by atoms with Crippen molar-refractivity contribution in [3.8, 4) is 0 Å². The second-order valence-electron chi connectivity index (χ2n) is 3.59. The third kappa shape index (κ3) is 10.8. The highest BCUT2D eigenvalue weighted by Crippen LogP contribution is 2.05. The van der Waals surface area contributed by atoms with Gasteiger partial charge in [-0.15, -0.1) is 0 Å². The van der Waals surface area contributed by atoms with Crippen molar-refractivity contribution in [3.05, 3.63) is 23.3 Å². The van der Waals surface area contributed by atoms with E-state index in [1.807, 2.05) is 6.08 Å². The molecule has 0 aromatic heterocycles. The maximum Gasteiger partial charge on any atom is 0.184 e. The van der Waals surface area contributed by atoms with Crippen LogP contribution in [0.1, 0.15) is 33.6 Å². The average molecular weight is 225 g/mol. The van der Waals surface area contributed by atoms with E-state index in [9.17, 15) is 0 Å². The van der Waals surface area contributed by atoms with Crippen LogP contribution in [0.5, 0.6) is 0 Å². The molecule has 0 unspecified atom stereocenters. The highest BCUT2D eigenvalue weighted by molar-refractivity contribution is 7.80. The SMILES string of the molecule is CC(C)=CCCC(C)=CC=NNC(N)=S. The first kappa shape index (κ1) is 13.8. The second-order valence-corrected chi connectivity index (χ2v) is 4.03. The Hall–Kier alpha value is -1.16. The second kappa shape index (κ2) is 8.17. The first-order valence-corrected chi connectivity index (χ1v) is 5.31. The van der Waals surface area contributed by atoms with Crippen molar-refractivity contribution >= 4 is 23.5 Å². The van der Waals surface area contributed by atoms with Crippen molar-refractivity contribution in [2.45, 2.75) is 33.6 Å². The molecule has 0 aliphatic heterocycles. The van der Waals surface area contributed by atoms with Crippen molar-refractivity contribution in [1.29, 1.82) is 0 Å². The summed E-state index contributed by atoms with van der Waals surface area (Å²) < 4.78 is 0. The van der Waals surface area contributed by atoms with Gasteiger partial charge in [0.05, 0.1) is 0 Å². The molecule has 0 aromatic rings. The number of hydrazone groups is 1. The van der Waals surface area contributed by atoms with Crippen LogP contribution in [0.4, 0.5) is 0 Å². The van der Waals surface area contributed by atoms with E-state index >= 15 is 0 Å². The third-order valence-corrected chi connectivity index (χ3v) is 1.79. The summed E-state index contributed by atoms with van der Waals surface area (Å²) >= 11 is 4.60. The van der Waals surface area contributed by atoms with Crippen LogP contribution in [0.2, 0.25) is 0 Å². The molecule has 0 atom stereocenters. The van der Waals surface area contributed by atoms with Crippen LogP contribution < -0.4 is 11.2 Å². The number of allylic oxidation sites excluding steroid dienone is 4. The normalized spacial score (nSPS) is 11.5. The fourth-order valence-electron chi connectivity index (χ4n) is 0.937. The lowest BCUT2D eigenvalue weighted by molar-refractivity contribution is 0.968. The first-order valence-electron chi connectivity index (χ1n) is 4.90. The predicted molar refractivity (Wildman–Crippen MR) is 70.8 cm³/mol. The molecule has 15 heavy (non-hydrogen) atoms. The van der Waals surface area contributed by atoms with Crippen LogP contribution in [-0.2, 0) is 0 Å². The lowest BCUT2D eigenvalue weighted by Crippen LogP contribution is -2.23. The molecule has 0 rings (SSSR count). The number of nitrogens with zero attached hydrogens (tertiary/aromatic N) is 1. The van der Waals surface area contributed by atoms with Gasteiger partial charge in [-0.1, -0.05) is 17.2 Å². The van der Waals surface area contributed by atoms with Gasteiger partial charge in [-0.25, -0.2) is 0 Å². The van der Waals surface area contributed by atoms with Crippen molar-refractivity contribution in [2.75, 3.05) is 0 Å². The molecule has 0 fully saturated rings. The number of hydrogen-bond donors (Lipinski definition) is 2. The molecule has 0 aliphatic carbocycles. The summed E-state index contributed by atoms with van der Waals surface area (Å²) in [5, 5.41) is 4.00. The Morgan fingerprint density at radius 3 is 2.60 bits per heavy atom. The van der Waals surface area contributed by atoms with Crippen LogP contribution >= 0.6 is 12.2 Å². The minimum absolute atomic E-state index is 0.182. The molecule has 3 N–H and O–H groups in total. The molecule has 0 heterocycles. The summed E-state index contributed by atoms with van der Waals surface area (Å²) in [5.41, 5.74) is 10.3. The Morgan fingerprint density at radius 1 is 1.40 bits per heavy atom. The van der Waals surface area contributed by atoms with Gasteiger partial charge in [-0.05, 0) is 51.9 Å². The third-order valence-electron chi connectivity index (χ3n) is 1.70. The molecule has 0 bridgehead atoms. The topological polar surface area (TPSA) is 50.4 Å². The number of rotatable bonds is 5. The average Bonchev–Trinajstić information content (AvgIpc) is 2.11. The van der Waals surface area contributed by atoms with Crippen LogP contribution in [0.15, 0.2) is 28.4 Å². The smallest absolute Gasteiger partial charge is 0.184 e. The molecule has 3 nitrogen and oxygen atoms in total. The van der Waals surface area contributed by atoms with Gasteiger partial charge in [-0.3, -0.25) is 5.43 Å². The molecule has 0 aromatic carbocycles. The van der Waals surface area contributed by atoms with E-state index < -0.39 is 0 Å². The number of hydrogen-bond acceptors (Lipinski definition) is 2. The van der Waals surface area contributed by atoms with Gasteiger partial charge in [0.15, 0.2) is 5.11 Å². The quantitative estimate of drug-likeness (QED) is 0.327. The van der Waals surface area contributed by atoms with E-state index in [1.54, 1.807) is 6.21 Å². The van der Waals surface area contributed by atoms with Gasteiger partial charge in [0.1, 0.15) is 0 Å². The zero-order valence-electron chi connectivity index (χ0n) is 9.58. The first-order chi connectivity index (χ1) is 7.02. The standard InChI is InChI=1S/C11H19N3S/c1-9(2)5-4-6-10(3)7-8-13-14-11(12)15/h5,7-8H,4,6H2,1-3H3,(H3,12,14,15). The Kier molecular flexibility index (Phi) is 7.54. The molecule has 4 heteroatoms. The van der Waals surface area contributed by atoms with Crippen molar-refractivity contribution in [3.63, 3.8) is 0 Å². The van der Waals surface area contributed by atoms with Gasteiger partial charge < -0.3 is 5.73 Å². The van der Waals surface area contributed by atoms with Crippen molar-refractivity contribution in [1.82, 2.24) is 5.43 Å². The van der Waals surface area contributed by atoms with Crippen LogP contribution in [-0.4, -0.2) is 11.3 Å². The predicted octanol–water partition coefficient (Wildman–Crippen LogP) is 2.50. The summed E-state index contributed by atoms with van der Waals surface area (Å²) in [6.07, 6.45) is 7.95. The lowest BCUT2D eigenvalue weighted by Gasteiger charge is -1.96. The Labute approximate surface area is 97.1 Å². The highest BCUT2D eigenvalue weighted by atomic mass is 32.1. The minimum atomic E-state index is 0.182. The van der Waals surface area contributed by atoms with E-state index in [1.165, 1.54) is 11.1 Å². The van der Waals surface area contributed by atoms with E-state index in [2.05, 4.69) is 49.6 Å². The summed E-state index contributed by atoms with van der Waals surface area (Å²) in [5.74, 6) is 0. The van der Waals surface area contributed by atoms with E-state index in [-0.39, 0.29) is 5.11 Å². The van der Waals surface area contributed by atoms with Crippen molar-refractivity contribution < 1.29 is 0 Å². The van der Waals surface area contributed by atoms with Gasteiger partial charge in [0.25, 0.3) is 0 Å². The Balaban J connectivity index is 3.84. The zero-order chi connectivity index (χ0) is 11.7. The summed E-state index contributed by atoms with van der Waals surface area (Å²) in [6, 6.07) is 0. The van der Waals surface area contributed by atoms with Crippen LogP contribution in [0.3, 0.4) is 0 Å². The molecule has 0 radical (unpaired) electrons. The van der Waals surface area contributed by atoms with Gasteiger partial charge >= 0.3 is 0 Å². The molecular weight excluding hydrogens is 206 g/mol.